The second-order valence-corrected chi connectivity index (χ2v) is 6.54. The summed E-state index contributed by atoms with van der Waals surface area (Å²) < 4.78 is 30.5. The van der Waals surface area contributed by atoms with Gasteiger partial charge < -0.3 is 10.1 Å². The Bertz CT molecular complexity index is 295. The van der Waals surface area contributed by atoms with Crippen molar-refractivity contribution in [1.82, 2.24) is 9.62 Å². The van der Waals surface area contributed by atoms with Gasteiger partial charge in [-0.05, 0) is 20.3 Å². The molecule has 1 fully saturated rings. The second-order valence-electron chi connectivity index (χ2n) is 4.45. The van der Waals surface area contributed by atoms with Crippen LogP contribution in [0, 0.1) is 0 Å². The fourth-order valence-electron chi connectivity index (χ4n) is 2.02. The molecule has 0 radical (unpaired) electrons. The van der Waals surface area contributed by atoms with Gasteiger partial charge in [-0.2, -0.15) is 4.31 Å². The predicted molar refractivity (Wildman–Crippen MR) is 63.9 cm³/mol. The van der Waals surface area contributed by atoms with Crippen molar-refractivity contribution in [2.45, 2.75) is 32.4 Å². The topological polar surface area (TPSA) is 58.6 Å². The minimum Gasteiger partial charge on any atom is -0.385 e. The lowest BCUT2D eigenvalue weighted by Crippen LogP contribution is -2.56. The third-order valence-electron chi connectivity index (χ3n) is 2.67. The fourth-order valence-corrected chi connectivity index (χ4v) is 3.66. The van der Waals surface area contributed by atoms with E-state index in [9.17, 15) is 8.42 Å². The first-order chi connectivity index (χ1) is 7.45. The largest absolute Gasteiger partial charge is 0.385 e. The molecule has 0 aromatic carbocycles. The zero-order valence-electron chi connectivity index (χ0n) is 10.3. The average Bonchev–Trinajstić information content (AvgIpc) is 2.16. The first-order valence-corrected chi connectivity index (χ1v) is 7.29. The van der Waals surface area contributed by atoms with Gasteiger partial charge in [-0.3, -0.25) is 0 Å². The molecule has 1 saturated heterocycles. The van der Waals surface area contributed by atoms with Crippen LogP contribution in [0.25, 0.3) is 0 Å². The summed E-state index contributed by atoms with van der Waals surface area (Å²) in [7, 11) is -1.52. The number of rotatable bonds is 5. The van der Waals surface area contributed by atoms with Crippen molar-refractivity contribution in [2.24, 2.45) is 0 Å². The van der Waals surface area contributed by atoms with Crippen molar-refractivity contribution in [3.63, 3.8) is 0 Å². The molecule has 1 aliphatic heterocycles. The van der Waals surface area contributed by atoms with E-state index in [0.29, 0.717) is 26.1 Å². The maximum absolute atomic E-state index is 12.0. The molecular weight excluding hydrogens is 228 g/mol. The Hall–Kier alpha value is -0.170. The highest BCUT2D eigenvalue weighted by molar-refractivity contribution is 7.89. The van der Waals surface area contributed by atoms with Crippen molar-refractivity contribution >= 4 is 10.0 Å². The number of hydrogen-bond acceptors (Lipinski definition) is 4. The summed E-state index contributed by atoms with van der Waals surface area (Å²) in [5.41, 5.74) is 0. The van der Waals surface area contributed by atoms with Gasteiger partial charge in [0.1, 0.15) is 0 Å². The van der Waals surface area contributed by atoms with Crippen LogP contribution in [0.2, 0.25) is 0 Å². The Kier molecular flexibility index (Phi) is 5.17. The summed E-state index contributed by atoms with van der Waals surface area (Å²) in [5.74, 6) is 0.181. The van der Waals surface area contributed by atoms with Crippen LogP contribution in [-0.4, -0.2) is 57.4 Å². The van der Waals surface area contributed by atoms with Gasteiger partial charge >= 0.3 is 0 Å². The zero-order valence-corrected chi connectivity index (χ0v) is 11.1. The molecule has 0 aromatic rings. The molecule has 1 aliphatic rings. The maximum atomic E-state index is 12.0. The standard InChI is InChI=1S/C10H22N2O3S/c1-9-7-12(8-10(2)11-9)16(13,14)6-4-5-15-3/h9-11H,4-8H2,1-3H3. The van der Waals surface area contributed by atoms with E-state index >= 15 is 0 Å². The van der Waals surface area contributed by atoms with Gasteiger partial charge in [-0.15, -0.1) is 0 Å². The van der Waals surface area contributed by atoms with Crippen molar-refractivity contribution in [3.8, 4) is 0 Å². The Labute approximate surface area is 98.2 Å². The second kappa shape index (κ2) is 5.95. The van der Waals surface area contributed by atoms with Crippen LogP contribution in [-0.2, 0) is 14.8 Å². The van der Waals surface area contributed by atoms with E-state index in [0.717, 1.165) is 0 Å². The summed E-state index contributed by atoms with van der Waals surface area (Å²) in [4.78, 5) is 0. The number of nitrogens with one attached hydrogen (secondary N) is 1. The molecule has 1 heterocycles. The molecular formula is C10H22N2O3S. The Morgan fingerprint density at radius 2 is 1.88 bits per heavy atom. The number of sulfonamides is 1. The third kappa shape index (κ3) is 4.01. The third-order valence-corrected chi connectivity index (χ3v) is 4.56. The Balaban J connectivity index is 2.53. The monoisotopic (exact) mass is 250 g/mol. The van der Waals surface area contributed by atoms with Crippen LogP contribution >= 0.6 is 0 Å². The molecule has 0 aliphatic carbocycles. The van der Waals surface area contributed by atoms with Gasteiger partial charge in [0.05, 0.1) is 5.75 Å². The van der Waals surface area contributed by atoms with Crippen molar-refractivity contribution < 1.29 is 13.2 Å². The summed E-state index contributed by atoms with van der Waals surface area (Å²) in [5, 5.41) is 3.32. The smallest absolute Gasteiger partial charge is 0.214 e. The SMILES string of the molecule is COCCCS(=O)(=O)N1CC(C)NC(C)C1. The molecule has 0 aromatic heterocycles. The summed E-state index contributed by atoms with van der Waals surface area (Å²) >= 11 is 0. The maximum Gasteiger partial charge on any atom is 0.214 e. The lowest BCUT2D eigenvalue weighted by Gasteiger charge is -2.35. The number of nitrogens with zero attached hydrogens (tertiary/aromatic N) is 1. The first-order valence-electron chi connectivity index (χ1n) is 5.68. The molecule has 1 N–H and O–H groups in total. The predicted octanol–water partition coefficient (Wildman–Crippen LogP) is 0.0349. The highest BCUT2D eigenvalue weighted by Crippen LogP contribution is 2.10. The van der Waals surface area contributed by atoms with Gasteiger partial charge in [0.2, 0.25) is 10.0 Å². The van der Waals surface area contributed by atoms with E-state index in [4.69, 9.17) is 4.74 Å². The minimum atomic E-state index is -3.11. The number of hydrogen-bond donors (Lipinski definition) is 1. The lowest BCUT2D eigenvalue weighted by molar-refractivity contribution is 0.198. The molecule has 0 bridgehead atoms. The van der Waals surface area contributed by atoms with Gasteiger partial charge in [0.15, 0.2) is 0 Å². The summed E-state index contributed by atoms with van der Waals surface area (Å²) in [6.45, 7) is 5.65. The van der Waals surface area contributed by atoms with E-state index in [-0.39, 0.29) is 17.8 Å². The molecule has 0 saturated carbocycles. The zero-order chi connectivity index (χ0) is 12.2. The molecule has 6 heteroatoms. The highest BCUT2D eigenvalue weighted by atomic mass is 32.2. The van der Waals surface area contributed by atoms with E-state index in [2.05, 4.69) is 5.32 Å². The molecule has 0 spiro atoms. The number of ether oxygens (including phenoxy) is 1. The number of methoxy groups -OCH3 is 1. The van der Waals surface area contributed by atoms with Crippen LogP contribution < -0.4 is 5.32 Å². The molecule has 1 rings (SSSR count). The van der Waals surface area contributed by atoms with Gasteiger partial charge in [0.25, 0.3) is 0 Å². The number of piperazine rings is 1. The van der Waals surface area contributed by atoms with E-state index in [1.165, 1.54) is 0 Å². The molecule has 16 heavy (non-hydrogen) atoms. The molecule has 5 nitrogen and oxygen atoms in total. The van der Waals surface area contributed by atoms with Gasteiger partial charge in [-0.1, -0.05) is 0 Å². The van der Waals surface area contributed by atoms with Crippen LogP contribution in [0.5, 0.6) is 0 Å². The molecule has 2 atom stereocenters. The Morgan fingerprint density at radius 3 is 2.38 bits per heavy atom. The van der Waals surface area contributed by atoms with Crippen LogP contribution in [0.1, 0.15) is 20.3 Å². The van der Waals surface area contributed by atoms with Gasteiger partial charge in [0, 0.05) is 38.9 Å². The average molecular weight is 250 g/mol. The molecule has 0 amide bonds. The van der Waals surface area contributed by atoms with Crippen LogP contribution in [0.4, 0.5) is 0 Å². The van der Waals surface area contributed by atoms with E-state index < -0.39 is 10.0 Å². The van der Waals surface area contributed by atoms with Crippen molar-refractivity contribution in [2.75, 3.05) is 32.6 Å². The quantitative estimate of drug-likeness (QED) is 0.700. The molecule has 2 unspecified atom stereocenters. The summed E-state index contributed by atoms with van der Waals surface area (Å²) in [6.07, 6.45) is 0.561. The van der Waals surface area contributed by atoms with Crippen LogP contribution in [0.3, 0.4) is 0 Å². The minimum absolute atomic E-state index is 0.181. The van der Waals surface area contributed by atoms with Crippen LogP contribution in [0.15, 0.2) is 0 Å². The summed E-state index contributed by atoms with van der Waals surface area (Å²) in [6, 6.07) is 0.446. The van der Waals surface area contributed by atoms with E-state index in [1.54, 1.807) is 11.4 Å². The highest BCUT2D eigenvalue weighted by Gasteiger charge is 2.29. The lowest BCUT2D eigenvalue weighted by atomic mass is 10.2. The van der Waals surface area contributed by atoms with Crippen molar-refractivity contribution in [3.05, 3.63) is 0 Å². The fraction of sp³-hybridized carbons (Fsp3) is 1.00. The first kappa shape index (κ1) is 13.9. The van der Waals surface area contributed by atoms with Gasteiger partial charge in [-0.25, -0.2) is 8.42 Å². The van der Waals surface area contributed by atoms with Crippen molar-refractivity contribution in [1.29, 1.82) is 0 Å². The van der Waals surface area contributed by atoms with E-state index in [1.807, 2.05) is 13.8 Å². The molecule has 96 valence electrons. The normalized spacial score (nSPS) is 28.2. The Morgan fingerprint density at radius 1 is 1.31 bits per heavy atom.